The molecule has 1 N–H and O–H groups in total. The first-order valence-corrected chi connectivity index (χ1v) is 8.88. The Hall–Kier alpha value is -3.33. The molecule has 144 valence electrons. The lowest BCUT2D eigenvalue weighted by Gasteiger charge is -2.09. The summed E-state index contributed by atoms with van der Waals surface area (Å²) in [4.78, 5) is 47.8. The van der Waals surface area contributed by atoms with E-state index in [1.165, 1.54) is 19.3 Å². The van der Waals surface area contributed by atoms with Gasteiger partial charge in [0.1, 0.15) is 18.1 Å². The van der Waals surface area contributed by atoms with Crippen LogP contribution in [0.3, 0.4) is 0 Å². The molecule has 3 rings (SSSR count). The maximum Gasteiger partial charge on any atom is 0.335 e. The summed E-state index contributed by atoms with van der Waals surface area (Å²) < 4.78 is 10.2. The first-order chi connectivity index (χ1) is 13.3. The summed E-state index contributed by atoms with van der Waals surface area (Å²) >= 11 is 0.697. The number of hydrogen-bond donors (Lipinski definition) is 1. The number of amides is 2. The maximum absolute atomic E-state index is 12.3. The lowest BCUT2D eigenvalue weighted by molar-refractivity contribution is -0.143. The van der Waals surface area contributed by atoms with Crippen LogP contribution in [0.4, 0.5) is 4.79 Å². The predicted molar refractivity (Wildman–Crippen MR) is 101 cm³/mol. The number of furan rings is 1. The van der Waals surface area contributed by atoms with Crippen LogP contribution in [0, 0.1) is 6.92 Å². The third-order valence-corrected chi connectivity index (χ3v) is 5.03. The number of ether oxygens (including phenoxy) is 1. The van der Waals surface area contributed by atoms with Crippen molar-refractivity contribution in [1.82, 2.24) is 4.90 Å². The number of nitrogens with zero attached hydrogens (tertiary/aromatic N) is 1. The largest absolute Gasteiger partial charge is 0.478 e. The summed E-state index contributed by atoms with van der Waals surface area (Å²) in [6.45, 7) is 1.22. The number of carbonyl (C=O) groups excluding carboxylic acids is 3. The van der Waals surface area contributed by atoms with Gasteiger partial charge in [0.2, 0.25) is 0 Å². The number of esters is 1. The van der Waals surface area contributed by atoms with Crippen LogP contribution in [0.2, 0.25) is 0 Å². The average molecular weight is 401 g/mol. The van der Waals surface area contributed by atoms with E-state index in [2.05, 4.69) is 4.74 Å². The quantitative estimate of drug-likeness (QED) is 0.600. The molecule has 2 heterocycles. The molecule has 0 atom stereocenters. The molecule has 0 bridgehead atoms. The molecular weight excluding hydrogens is 386 g/mol. The zero-order valence-corrected chi connectivity index (χ0v) is 15.7. The molecule has 2 amide bonds. The molecule has 2 aromatic rings. The number of hydrogen-bond acceptors (Lipinski definition) is 7. The van der Waals surface area contributed by atoms with Crippen LogP contribution in [0.25, 0.3) is 17.4 Å². The monoisotopic (exact) mass is 401 g/mol. The number of benzene rings is 1. The van der Waals surface area contributed by atoms with Crippen LogP contribution >= 0.6 is 11.8 Å². The Morgan fingerprint density at radius 2 is 2.00 bits per heavy atom. The van der Waals surface area contributed by atoms with E-state index in [1.807, 2.05) is 0 Å². The van der Waals surface area contributed by atoms with Gasteiger partial charge in [-0.2, -0.15) is 0 Å². The van der Waals surface area contributed by atoms with Crippen molar-refractivity contribution in [3.63, 3.8) is 0 Å². The number of rotatable bonds is 5. The molecule has 1 saturated heterocycles. The van der Waals surface area contributed by atoms with Gasteiger partial charge in [-0.25, -0.2) is 4.79 Å². The van der Waals surface area contributed by atoms with Crippen LogP contribution in [-0.4, -0.2) is 46.7 Å². The van der Waals surface area contributed by atoms with Crippen molar-refractivity contribution in [1.29, 1.82) is 0 Å². The van der Waals surface area contributed by atoms with Crippen molar-refractivity contribution in [2.45, 2.75) is 6.92 Å². The minimum absolute atomic E-state index is 0.116. The van der Waals surface area contributed by atoms with Gasteiger partial charge in [-0.3, -0.25) is 19.3 Å². The van der Waals surface area contributed by atoms with Crippen molar-refractivity contribution in [2.24, 2.45) is 0 Å². The SMILES string of the molecule is COC(=O)CN1C(=O)S/C(=C/c2ccc(-c3cccc(C(=O)O)c3C)o2)C1=O. The fourth-order valence-corrected chi connectivity index (χ4v) is 3.49. The summed E-state index contributed by atoms with van der Waals surface area (Å²) in [6.07, 6.45) is 1.40. The van der Waals surface area contributed by atoms with E-state index in [0.717, 1.165) is 4.90 Å². The van der Waals surface area contributed by atoms with Gasteiger partial charge in [0, 0.05) is 11.6 Å². The smallest absolute Gasteiger partial charge is 0.335 e. The Morgan fingerprint density at radius 3 is 2.68 bits per heavy atom. The van der Waals surface area contributed by atoms with Crippen LogP contribution in [0.15, 0.2) is 39.7 Å². The Morgan fingerprint density at radius 1 is 1.25 bits per heavy atom. The van der Waals surface area contributed by atoms with Gasteiger partial charge < -0.3 is 14.3 Å². The zero-order valence-electron chi connectivity index (χ0n) is 14.9. The molecule has 1 aromatic heterocycles. The van der Waals surface area contributed by atoms with E-state index in [1.54, 1.807) is 31.2 Å². The van der Waals surface area contributed by atoms with Crippen molar-refractivity contribution < 1.29 is 33.4 Å². The molecule has 8 nitrogen and oxygen atoms in total. The highest BCUT2D eigenvalue weighted by Crippen LogP contribution is 2.34. The van der Waals surface area contributed by atoms with Gasteiger partial charge in [-0.15, -0.1) is 0 Å². The predicted octanol–water partition coefficient (Wildman–Crippen LogP) is 3.16. The molecule has 9 heteroatoms. The highest BCUT2D eigenvalue weighted by molar-refractivity contribution is 8.18. The van der Waals surface area contributed by atoms with Gasteiger partial charge in [0.05, 0.1) is 17.6 Å². The minimum Gasteiger partial charge on any atom is -0.478 e. The van der Waals surface area contributed by atoms with Crippen LogP contribution in [0.1, 0.15) is 21.7 Å². The number of thioether (sulfide) groups is 1. The maximum atomic E-state index is 12.3. The van der Waals surface area contributed by atoms with Gasteiger partial charge in [-0.05, 0) is 42.4 Å². The first-order valence-electron chi connectivity index (χ1n) is 8.07. The molecular formula is C19H15NO7S. The van der Waals surface area contributed by atoms with Crippen LogP contribution in [-0.2, 0) is 14.3 Å². The molecule has 0 spiro atoms. The average Bonchev–Trinajstić information content (AvgIpc) is 3.22. The highest BCUT2D eigenvalue weighted by Gasteiger charge is 2.36. The summed E-state index contributed by atoms with van der Waals surface area (Å²) in [6, 6.07) is 8.11. The van der Waals surface area contributed by atoms with E-state index in [0.29, 0.717) is 34.4 Å². The standard InChI is InChI=1S/C19H15NO7S/c1-10-12(4-3-5-13(10)18(23)24)14-7-6-11(27-14)8-15-17(22)20(19(25)28-15)9-16(21)26-2/h3-8H,9H2,1-2H3,(H,23,24)/b15-8+. The fraction of sp³-hybridized carbons (Fsp3) is 0.158. The molecule has 1 aromatic carbocycles. The second-order valence-electron chi connectivity index (χ2n) is 5.83. The highest BCUT2D eigenvalue weighted by atomic mass is 32.2. The summed E-state index contributed by atoms with van der Waals surface area (Å²) in [5.41, 5.74) is 1.33. The van der Waals surface area contributed by atoms with Crippen molar-refractivity contribution in [3.8, 4) is 11.3 Å². The molecule has 1 fully saturated rings. The van der Waals surface area contributed by atoms with E-state index in [-0.39, 0.29) is 10.5 Å². The number of methoxy groups -OCH3 is 1. The fourth-order valence-electron chi connectivity index (χ4n) is 2.67. The van der Waals surface area contributed by atoms with E-state index >= 15 is 0 Å². The minimum atomic E-state index is -1.04. The topological polar surface area (TPSA) is 114 Å². The molecule has 1 aliphatic heterocycles. The number of aromatic carboxylic acids is 1. The first kappa shape index (κ1) is 19.4. The van der Waals surface area contributed by atoms with E-state index in [9.17, 15) is 24.3 Å². The molecule has 0 aliphatic carbocycles. The number of carbonyl (C=O) groups is 4. The second kappa shape index (κ2) is 7.73. The zero-order chi connectivity index (χ0) is 20.4. The van der Waals surface area contributed by atoms with Crippen LogP contribution in [0.5, 0.6) is 0 Å². The number of carboxylic acid groups (broad SMARTS) is 1. The Kier molecular flexibility index (Phi) is 5.36. The van der Waals surface area contributed by atoms with Gasteiger partial charge in [0.25, 0.3) is 11.1 Å². The Bertz CT molecular complexity index is 1020. The molecule has 0 unspecified atom stereocenters. The van der Waals surface area contributed by atoms with Crippen molar-refractivity contribution >= 4 is 40.9 Å². The Balaban J connectivity index is 1.87. The third-order valence-electron chi connectivity index (χ3n) is 4.12. The van der Waals surface area contributed by atoms with Gasteiger partial charge in [0.15, 0.2) is 0 Å². The third kappa shape index (κ3) is 3.70. The van der Waals surface area contributed by atoms with Gasteiger partial charge in [-0.1, -0.05) is 12.1 Å². The summed E-state index contributed by atoms with van der Waals surface area (Å²) in [5.74, 6) is -1.59. The molecule has 28 heavy (non-hydrogen) atoms. The Labute approximate surface area is 163 Å². The second-order valence-corrected chi connectivity index (χ2v) is 6.82. The normalized spacial score (nSPS) is 15.4. The van der Waals surface area contributed by atoms with Crippen molar-refractivity contribution in [3.05, 3.63) is 52.1 Å². The molecule has 1 aliphatic rings. The molecule has 0 saturated carbocycles. The lowest BCUT2D eigenvalue weighted by atomic mass is 10.0. The van der Waals surface area contributed by atoms with Crippen molar-refractivity contribution in [2.75, 3.05) is 13.7 Å². The number of imide groups is 1. The summed E-state index contributed by atoms with van der Waals surface area (Å²) in [7, 11) is 1.17. The molecule has 0 radical (unpaired) electrons. The van der Waals surface area contributed by atoms with Gasteiger partial charge >= 0.3 is 11.9 Å². The van der Waals surface area contributed by atoms with E-state index < -0.39 is 29.6 Å². The summed E-state index contributed by atoms with van der Waals surface area (Å²) in [5, 5.41) is 8.67. The number of carboxylic acids is 1. The van der Waals surface area contributed by atoms with Crippen LogP contribution < -0.4 is 0 Å². The lowest BCUT2D eigenvalue weighted by Crippen LogP contribution is -2.34. The van der Waals surface area contributed by atoms with E-state index in [4.69, 9.17) is 4.42 Å².